The Labute approximate surface area is 119 Å². The fourth-order valence-corrected chi connectivity index (χ4v) is 2.70. The minimum Gasteiger partial charge on any atom is -0.493 e. The van der Waals surface area contributed by atoms with Gasteiger partial charge < -0.3 is 20.1 Å². The molecule has 1 saturated heterocycles. The quantitative estimate of drug-likeness (QED) is 0.903. The first-order valence-corrected chi connectivity index (χ1v) is 6.89. The van der Waals surface area contributed by atoms with Crippen LogP contribution >= 0.6 is 0 Å². The van der Waals surface area contributed by atoms with Gasteiger partial charge in [0.2, 0.25) is 5.91 Å². The molecular weight excluding hydrogens is 256 g/mol. The van der Waals surface area contributed by atoms with E-state index in [4.69, 9.17) is 15.2 Å². The van der Waals surface area contributed by atoms with E-state index >= 15 is 0 Å². The van der Waals surface area contributed by atoms with Crippen LogP contribution in [0.2, 0.25) is 0 Å². The van der Waals surface area contributed by atoms with Crippen molar-refractivity contribution < 1.29 is 14.3 Å². The van der Waals surface area contributed by atoms with Gasteiger partial charge in [-0.3, -0.25) is 4.79 Å². The van der Waals surface area contributed by atoms with Gasteiger partial charge in [-0.1, -0.05) is 6.07 Å². The van der Waals surface area contributed by atoms with E-state index in [0.29, 0.717) is 5.92 Å². The number of likely N-dealkylation sites (tertiary alicyclic amines) is 1. The maximum absolute atomic E-state index is 11.6. The van der Waals surface area contributed by atoms with E-state index in [2.05, 4.69) is 6.07 Å². The molecule has 0 bridgehead atoms. The van der Waals surface area contributed by atoms with E-state index < -0.39 is 0 Å². The van der Waals surface area contributed by atoms with Crippen molar-refractivity contribution in [2.24, 2.45) is 5.73 Å². The van der Waals surface area contributed by atoms with Gasteiger partial charge >= 0.3 is 0 Å². The highest BCUT2D eigenvalue weighted by atomic mass is 16.5. The number of rotatable bonds is 4. The van der Waals surface area contributed by atoms with E-state index in [0.717, 1.165) is 37.4 Å². The van der Waals surface area contributed by atoms with Crippen molar-refractivity contribution >= 4 is 5.91 Å². The Bertz CT molecular complexity index is 468. The SMILES string of the molecule is COc1ccc(C2CCN(C(=O)CN)CC2)cc1OC. The highest BCUT2D eigenvalue weighted by Gasteiger charge is 2.23. The summed E-state index contributed by atoms with van der Waals surface area (Å²) in [6.45, 7) is 1.64. The summed E-state index contributed by atoms with van der Waals surface area (Å²) in [7, 11) is 3.28. The molecule has 0 aromatic heterocycles. The molecule has 0 aliphatic carbocycles. The van der Waals surface area contributed by atoms with Gasteiger partial charge in [0, 0.05) is 13.1 Å². The number of methoxy groups -OCH3 is 2. The molecule has 2 rings (SSSR count). The summed E-state index contributed by atoms with van der Waals surface area (Å²) >= 11 is 0. The normalized spacial score (nSPS) is 16.1. The van der Waals surface area contributed by atoms with Gasteiger partial charge in [-0.05, 0) is 36.5 Å². The largest absolute Gasteiger partial charge is 0.493 e. The number of hydrogen-bond acceptors (Lipinski definition) is 4. The van der Waals surface area contributed by atoms with Gasteiger partial charge in [-0.15, -0.1) is 0 Å². The molecule has 1 aromatic rings. The number of carbonyl (C=O) groups is 1. The molecule has 0 atom stereocenters. The number of nitrogens with two attached hydrogens (primary N) is 1. The van der Waals surface area contributed by atoms with Crippen LogP contribution in [0.4, 0.5) is 0 Å². The summed E-state index contributed by atoms with van der Waals surface area (Å²) in [6.07, 6.45) is 1.92. The molecule has 1 heterocycles. The minimum absolute atomic E-state index is 0.0377. The van der Waals surface area contributed by atoms with Crippen molar-refractivity contribution in [3.8, 4) is 11.5 Å². The third kappa shape index (κ3) is 3.04. The van der Waals surface area contributed by atoms with Crippen molar-refractivity contribution in [3.63, 3.8) is 0 Å². The van der Waals surface area contributed by atoms with Crippen LogP contribution in [-0.4, -0.2) is 44.7 Å². The average Bonchev–Trinajstić information content (AvgIpc) is 2.53. The minimum atomic E-state index is 0.0377. The average molecular weight is 278 g/mol. The number of ether oxygens (including phenoxy) is 2. The molecule has 1 fully saturated rings. The fraction of sp³-hybridized carbons (Fsp3) is 0.533. The zero-order valence-corrected chi connectivity index (χ0v) is 12.1. The van der Waals surface area contributed by atoms with Crippen LogP contribution in [0.15, 0.2) is 18.2 Å². The second-order valence-corrected chi connectivity index (χ2v) is 4.97. The van der Waals surface area contributed by atoms with Crippen molar-refractivity contribution in [1.29, 1.82) is 0 Å². The monoisotopic (exact) mass is 278 g/mol. The van der Waals surface area contributed by atoms with E-state index in [9.17, 15) is 4.79 Å². The van der Waals surface area contributed by atoms with Crippen LogP contribution < -0.4 is 15.2 Å². The second kappa shape index (κ2) is 6.61. The van der Waals surface area contributed by atoms with Crippen molar-refractivity contribution in [3.05, 3.63) is 23.8 Å². The first kappa shape index (κ1) is 14.7. The molecule has 2 N–H and O–H groups in total. The lowest BCUT2D eigenvalue weighted by molar-refractivity contribution is -0.130. The zero-order chi connectivity index (χ0) is 14.5. The van der Waals surface area contributed by atoms with Gasteiger partial charge in [0.25, 0.3) is 0 Å². The maximum Gasteiger partial charge on any atom is 0.236 e. The summed E-state index contributed by atoms with van der Waals surface area (Å²) in [5, 5.41) is 0. The van der Waals surface area contributed by atoms with Gasteiger partial charge in [0.15, 0.2) is 11.5 Å². The predicted octanol–water partition coefficient (Wildman–Crippen LogP) is 1.37. The number of hydrogen-bond donors (Lipinski definition) is 1. The van der Waals surface area contributed by atoms with E-state index in [1.54, 1.807) is 14.2 Å². The Morgan fingerprint density at radius 2 is 1.90 bits per heavy atom. The molecule has 5 nitrogen and oxygen atoms in total. The Balaban J connectivity index is 2.05. The van der Waals surface area contributed by atoms with E-state index in [-0.39, 0.29) is 12.5 Å². The van der Waals surface area contributed by atoms with Gasteiger partial charge in [0.1, 0.15) is 0 Å². The van der Waals surface area contributed by atoms with Crippen molar-refractivity contribution in [2.75, 3.05) is 33.9 Å². The summed E-state index contributed by atoms with van der Waals surface area (Å²) in [5.74, 6) is 1.99. The maximum atomic E-state index is 11.6. The molecule has 0 spiro atoms. The standard InChI is InChI=1S/C15H22N2O3/c1-19-13-4-3-12(9-14(13)20-2)11-5-7-17(8-6-11)15(18)10-16/h3-4,9,11H,5-8,10,16H2,1-2H3. The second-order valence-electron chi connectivity index (χ2n) is 4.97. The molecule has 1 aliphatic rings. The summed E-state index contributed by atoms with van der Waals surface area (Å²) in [4.78, 5) is 13.4. The first-order chi connectivity index (χ1) is 9.69. The van der Waals surface area contributed by atoms with Crippen molar-refractivity contribution in [2.45, 2.75) is 18.8 Å². The Morgan fingerprint density at radius 3 is 2.45 bits per heavy atom. The van der Waals surface area contributed by atoms with Crippen molar-refractivity contribution in [1.82, 2.24) is 4.90 Å². The number of benzene rings is 1. The zero-order valence-electron chi connectivity index (χ0n) is 12.1. The highest BCUT2D eigenvalue weighted by Crippen LogP contribution is 2.34. The first-order valence-electron chi connectivity index (χ1n) is 6.89. The van der Waals surface area contributed by atoms with E-state index in [1.807, 2.05) is 17.0 Å². The van der Waals surface area contributed by atoms with Crippen LogP contribution in [0.25, 0.3) is 0 Å². The molecule has 20 heavy (non-hydrogen) atoms. The summed E-state index contributed by atoms with van der Waals surface area (Å²) < 4.78 is 10.6. The molecule has 1 amide bonds. The third-order valence-electron chi connectivity index (χ3n) is 3.90. The molecule has 0 radical (unpaired) electrons. The number of nitrogens with zero attached hydrogens (tertiary/aromatic N) is 1. The third-order valence-corrected chi connectivity index (χ3v) is 3.90. The molecule has 5 heteroatoms. The van der Waals surface area contributed by atoms with Crippen LogP contribution in [-0.2, 0) is 4.79 Å². The number of carbonyl (C=O) groups excluding carboxylic acids is 1. The Morgan fingerprint density at radius 1 is 1.25 bits per heavy atom. The highest BCUT2D eigenvalue weighted by molar-refractivity contribution is 5.78. The fourth-order valence-electron chi connectivity index (χ4n) is 2.70. The molecule has 1 aliphatic heterocycles. The lowest BCUT2D eigenvalue weighted by atomic mass is 9.89. The van der Waals surface area contributed by atoms with Crippen LogP contribution in [0, 0.1) is 0 Å². The predicted molar refractivity (Wildman–Crippen MR) is 77.2 cm³/mol. The van der Waals surface area contributed by atoms with Gasteiger partial charge in [-0.2, -0.15) is 0 Å². The lowest BCUT2D eigenvalue weighted by Gasteiger charge is -2.32. The Kier molecular flexibility index (Phi) is 4.84. The van der Waals surface area contributed by atoms with Crippen LogP contribution in [0.5, 0.6) is 11.5 Å². The molecular formula is C15H22N2O3. The number of piperidine rings is 1. The smallest absolute Gasteiger partial charge is 0.236 e. The van der Waals surface area contributed by atoms with Crippen LogP contribution in [0.1, 0.15) is 24.3 Å². The summed E-state index contributed by atoms with van der Waals surface area (Å²) in [6, 6.07) is 6.04. The molecule has 1 aromatic carbocycles. The molecule has 0 unspecified atom stereocenters. The lowest BCUT2D eigenvalue weighted by Crippen LogP contribution is -2.41. The molecule has 110 valence electrons. The number of amides is 1. The van der Waals surface area contributed by atoms with Gasteiger partial charge in [0.05, 0.1) is 20.8 Å². The van der Waals surface area contributed by atoms with E-state index in [1.165, 1.54) is 5.56 Å². The molecule has 0 saturated carbocycles. The van der Waals surface area contributed by atoms with Gasteiger partial charge in [-0.25, -0.2) is 0 Å². The Hall–Kier alpha value is -1.75. The summed E-state index contributed by atoms with van der Waals surface area (Å²) in [5.41, 5.74) is 6.64. The topological polar surface area (TPSA) is 64.8 Å². The van der Waals surface area contributed by atoms with Crippen LogP contribution in [0.3, 0.4) is 0 Å².